The fraction of sp³-hybridized carbons (Fsp3) is 0.273. The molecule has 0 radical (unpaired) electrons. The van der Waals surface area contributed by atoms with E-state index in [1.54, 1.807) is 18.2 Å². The molecule has 0 aliphatic carbocycles. The van der Waals surface area contributed by atoms with Crippen LogP contribution in [0.1, 0.15) is 37.9 Å². The third kappa shape index (κ3) is 5.61. The minimum atomic E-state index is -0.426. The van der Waals surface area contributed by atoms with Crippen LogP contribution in [0.4, 0.5) is 0 Å². The van der Waals surface area contributed by atoms with Crippen LogP contribution in [0.25, 0.3) is 6.08 Å². The monoisotopic (exact) mass is 364 g/mol. The van der Waals surface area contributed by atoms with Gasteiger partial charge in [0.2, 0.25) is 0 Å². The standard InChI is InChI=1S/C22H24N2O3/c1-4-26-20-12-11-18(21(14-20)27-5-2)13-19(15-23)22(25)24-16(3)17-9-7-6-8-10-17/h6-14,16H,4-5H2,1-3H3,(H,24,25)/b19-13-. The molecule has 0 bridgehead atoms. The molecule has 140 valence electrons. The fourth-order valence-electron chi connectivity index (χ4n) is 2.57. The second-order valence-corrected chi connectivity index (χ2v) is 5.84. The van der Waals surface area contributed by atoms with Crippen LogP contribution in [0, 0.1) is 11.3 Å². The van der Waals surface area contributed by atoms with Crippen LogP contribution in [0.5, 0.6) is 11.5 Å². The van der Waals surface area contributed by atoms with Crippen LogP contribution in [-0.2, 0) is 4.79 Å². The largest absolute Gasteiger partial charge is 0.494 e. The maximum Gasteiger partial charge on any atom is 0.262 e. The fourth-order valence-corrected chi connectivity index (χ4v) is 2.57. The summed E-state index contributed by atoms with van der Waals surface area (Å²) in [5.41, 5.74) is 1.64. The van der Waals surface area contributed by atoms with Crippen molar-refractivity contribution in [2.24, 2.45) is 0 Å². The number of rotatable bonds is 8. The number of carbonyl (C=O) groups excluding carboxylic acids is 1. The molecule has 1 amide bonds. The summed E-state index contributed by atoms with van der Waals surface area (Å²) in [5.74, 6) is 0.823. The minimum Gasteiger partial charge on any atom is -0.494 e. The molecular formula is C22H24N2O3. The molecule has 27 heavy (non-hydrogen) atoms. The van der Waals surface area contributed by atoms with Gasteiger partial charge in [-0.15, -0.1) is 0 Å². The highest BCUT2D eigenvalue weighted by Crippen LogP contribution is 2.27. The Labute approximate surface area is 160 Å². The van der Waals surface area contributed by atoms with Crippen LogP contribution in [-0.4, -0.2) is 19.1 Å². The maximum absolute atomic E-state index is 12.5. The van der Waals surface area contributed by atoms with Gasteiger partial charge in [-0.05, 0) is 44.5 Å². The normalized spacial score (nSPS) is 12.0. The predicted molar refractivity (Wildman–Crippen MR) is 105 cm³/mol. The summed E-state index contributed by atoms with van der Waals surface area (Å²) in [6, 6.07) is 16.7. The lowest BCUT2D eigenvalue weighted by Gasteiger charge is -2.14. The summed E-state index contributed by atoms with van der Waals surface area (Å²) in [4.78, 5) is 12.5. The summed E-state index contributed by atoms with van der Waals surface area (Å²) >= 11 is 0. The Kier molecular flexibility index (Phi) is 7.45. The number of nitriles is 1. The number of nitrogens with zero attached hydrogens (tertiary/aromatic N) is 1. The zero-order valence-corrected chi connectivity index (χ0v) is 15.9. The smallest absolute Gasteiger partial charge is 0.262 e. The Hall–Kier alpha value is -3.26. The van der Waals surface area contributed by atoms with E-state index in [2.05, 4.69) is 5.32 Å². The van der Waals surface area contributed by atoms with Crippen LogP contribution in [0.15, 0.2) is 54.1 Å². The Morgan fingerprint density at radius 1 is 1.15 bits per heavy atom. The van der Waals surface area contributed by atoms with Gasteiger partial charge in [0, 0.05) is 11.6 Å². The molecule has 0 aliphatic rings. The highest BCUT2D eigenvalue weighted by Gasteiger charge is 2.15. The topological polar surface area (TPSA) is 71.3 Å². The molecule has 2 aromatic rings. The van der Waals surface area contributed by atoms with E-state index in [1.807, 2.05) is 57.2 Å². The van der Waals surface area contributed by atoms with Gasteiger partial charge in [0.15, 0.2) is 0 Å². The van der Waals surface area contributed by atoms with Gasteiger partial charge in [-0.25, -0.2) is 0 Å². The second-order valence-electron chi connectivity index (χ2n) is 5.84. The van der Waals surface area contributed by atoms with Crippen molar-refractivity contribution in [3.8, 4) is 17.6 Å². The third-order valence-electron chi connectivity index (χ3n) is 3.91. The average Bonchev–Trinajstić information content (AvgIpc) is 2.68. The first-order chi connectivity index (χ1) is 13.1. The SMILES string of the molecule is CCOc1ccc(/C=C(/C#N)C(=O)NC(C)c2ccccc2)c(OCC)c1. The van der Waals surface area contributed by atoms with Crippen molar-refractivity contribution < 1.29 is 14.3 Å². The summed E-state index contributed by atoms with van der Waals surface area (Å²) in [7, 11) is 0. The van der Waals surface area contributed by atoms with E-state index in [-0.39, 0.29) is 11.6 Å². The molecule has 0 spiro atoms. The van der Waals surface area contributed by atoms with Gasteiger partial charge >= 0.3 is 0 Å². The van der Waals surface area contributed by atoms with E-state index in [1.165, 1.54) is 6.08 Å². The molecule has 0 aliphatic heterocycles. The van der Waals surface area contributed by atoms with Crippen molar-refractivity contribution >= 4 is 12.0 Å². The quantitative estimate of drug-likeness (QED) is 0.561. The first kappa shape index (κ1) is 20.1. The van der Waals surface area contributed by atoms with Crippen LogP contribution in [0.3, 0.4) is 0 Å². The van der Waals surface area contributed by atoms with Crippen molar-refractivity contribution in [1.82, 2.24) is 5.32 Å². The maximum atomic E-state index is 12.5. The van der Waals surface area contributed by atoms with E-state index in [0.717, 1.165) is 5.56 Å². The summed E-state index contributed by atoms with van der Waals surface area (Å²) < 4.78 is 11.1. The van der Waals surface area contributed by atoms with Gasteiger partial charge < -0.3 is 14.8 Å². The van der Waals surface area contributed by atoms with Crippen LogP contribution >= 0.6 is 0 Å². The number of hydrogen-bond donors (Lipinski definition) is 1. The number of nitrogens with one attached hydrogen (secondary N) is 1. The molecule has 5 heteroatoms. The minimum absolute atomic E-state index is 0.0166. The molecule has 2 aromatic carbocycles. The Morgan fingerprint density at radius 3 is 2.48 bits per heavy atom. The van der Waals surface area contributed by atoms with Crippen molar-refractivity contribution in [1.29, 1.82) is 5.26 Å². The second kappa shape index (κ2) is 10.0. The first-order valence-electron chi connectivity index (χ1n) is 8.96. The number of benzene rings is 2. The van der Waals surface area contributed by atoms with Gasteiger partial charge in [0.1, 0.15) is 23.1 Å². The number of hydrogen-bond acceptors (Lipinski definition) is 4. The molecule has 0 heterocycles. The zero-order chi connectivity index (χ0) is 19.6. The lowest BCUT2D eigenvalue weighted by atomic mass is 10.1. The molecule has 5 nitrogen and oxygen atoms in total. The molecule has 0 saturated carbocycles. The van der Waals surface area contributed by atoms with Crippen LogP contribution < -0.4 is 14.8 Å². The van der Waals surface area contributed by atoms with Gasteiger partial charge in [0.25, 0.3) is 5.91 Å². The van der Waals surface area contributed by atoms with Crippen molar-refractivity contribution in [3.05, 3.63) is 65.2 Å². The first-order valence-corrected chi connectivity index (χ1v) is 8.96. The summed E-state index contributed by atoms with van der Waals surface area (Å²) in [6.45, 7) is 6.67. The van der Waals surface area contributed by atoms with Crippen molar-refractivity contribution in [2.45, 2.75) is 26.8 Å². The molecule has 0 fully saturated rings. The predicted octanol–water partition coefficient (Wildman–Crippen LogP) is 4.27. The zero-order valence-electron chi connectivity index (χ0n) is 15.9. The number of ether oxygens (including phenoxy) is 2. The Bertz CT molecular complexity index is 838. The van der Waals surface area contributed by atoms with E-state index in [9.17, 15) is 10.1 Å². The molecule has 2 rings (SSSR count). The highest BCUT2D eigenvalue weighted by molar-refractivity contribution is 6.02. The van der Waals surface area contributed by atoms with Crippen LogP contribution in [0.2, 0.25) is 0 Å². The van der Waals surface area contributed by atoms with Crippen molar-refractivity contribution in [3.63, 3.8) is 0 Å². The van der Waals surface area contributed by atoms with E-state index >= 15 is 0 Å². The van der Waals surface area contributed by atoms with E-state index < -0.39 is 5.91 Å². The molecular weight excluding hydrogens is 340 g/mol. The average molecular weight is 364 g/mol. The molecule has 0 aromatic heterocycles. The van der Waals surface area contributed by atoms with Gasteiger partial charge in [0.05, 0.1) is 19.3 Å². The number of carbonyl (C=O) groups is 1. The van der Waals surface area contributed by atoms with Crippen molar-refractivity contribution in [2.75, 3.05) is 13.2 Å². The molecule has 0 saturated heterocycles. The summed E-state index contributed by atoms with van der Waals surface area (Å²) in [5, 5.41) is 12.3. The summed E-state index contributed by atoms with van der Waals surface area (Å²) in [6.07, 6.45) is 1.54. The molecule has 1 atom stereocenters. The third-order valence-corrected chi connectivity index (χ3v) is 3.91. The van der Waals surface area contributed by atoms with E-state index in [0.29, 0.717) is 30.3 Å². The Balaban J connectivity index is 2.24. The highest BCUT2D eigenvalue weighted by atomic mass is 16.5. The lowest BCUT2D eigenvalue weighted by Crippen LogP contribution is -2.27. The van der Waals surface area contributed by atoms with E-state index in [4.69, 9.17) is 9.47 Å². The van der Waals surface area contributed by atoms with Gasteiger partial charge in [-0.1, -0.05) is 30.3 Å². The van der Waals surface area contributed by atoms with Gasteiger partial charge in [-0.2, -0.15) is 5.26 Å². The molecule has 1 N–H and O–H groups in total. The number of amides is 1. The lowest BCUT2D eigenvalue weighted by molar-refractivity contribution is -0.117. The Morgan fingerprint density at radius 2 is 1.85 bits per heavy atom. The molecule has 1 unspecified atom stereocenters. The van der Waals surface area contributed by atoms with Gasteiger partial charge in [-0.3, -0.25) is 4.79 Å².